The van der Waals surface area contributed by atoms with E-state index in [1.54, 1.807) is 7.05 Å². The van der Waals surface area contributed by atoms with Crippen molar-refractivity contribution >= 4 is 17.3 Å². The molecule has 0 fully saturated rings. The van der Waals surface area contributed by atoms with Crippen molar-refractivity contribution in [1.29, 1.82) is 0 Å². The van der Waals surface area contributed by atoms with Gasteiger partial charge in [-0.1, -0.05) is 12.1 Å². The highest BCUT2D eigenvalue weighted by molar-refractivity contribution is 6.09. The summed E-state index contributed by atoms with van der Waals surface area (Å²) in [5.74, 6) is -0.808. The van der Waals surface area contributed by atoms with Crippen LogP contribution in [-0.4, -0.2) is 13.0 Å². The molecule has 0 atom stereocenters. The van der Waals surface area contributed by atoms with E-state index in [0.29, 0.717) is 0 Å². The van der Waals surface area contributed by atoms with E-state index in [1.165, 1.54) is 17.0 Å². The summed E-state index contributed by atoms with van der Waals surface area (Å²) >= 11 is 0. The van der Waals surface area contributed by atoms with Gasteiger partial charge in [-0.3, -0.25) is 4.79 Å². The first-order valence-corrected chi connectivity index (χ1v) is 5.89. The molecule has 0 aliphatic rings. The highest BCUT2D eigenvalue weighted by Crippen LogP contribution is 2.20. The van der Waals surface area contributed by atoms with Gasteiger partial charge < -0.3 is 10.6 Å². The molecule has 2 N–H and O–H groups in total. The van der Waals surface area contributed by atoms with E-state index >= 15 is 0 Å². The predicted molar refractivity (Wildman–Crippen MR) is 74.7 cm³/mol. The maximum Gasteiger partial charge on any atom is 0.260 e. The molecule has 0 aromatic heterocycles. The van der Waals surface area contributed by atoms with Crippen LogP contribution in [0.1, 0.15) is 15.9 Å². The maximum absolute atomic E-state index is 13.2. The van der Waals surface area contributed by atoms with Gasteiger partial charge in [-0.2, -0.15) is 0 Å². The van der Waals surface area contributed by atoms with E-state index in [-0.39, 0.29) is 17.2 Å². The SMILES string of the molecule is Cc1cccc(N(C)C(=O)c2cc(F)ccc2N)c1. The lowest BCUT2D eigenvalue weighted by molar-refractivity contribution is 0.0993. The number of halogens is 1. The number of benzene rings is 2. The van der Waals surface area contributed by atoms with Gasteiger partial charge in [0.2, 0.25) is 0 Å². The van der Waals surface area contributed by atoms with Crippen molar-refractivity contribution in [3.05, 3.63) is 59.4 Å². The zero-order chi connectivity index (χ0) is 14.0. The largest absolute Gasteiger partial charge is 0.398 e. The van der Waals surface area contributed by atoms with Gasteiger partial charge in [0.25, 0.3) is 5.91 Å². The second-order valence-electron chi connectivity index (χ2n) is 4.43. The number of nitrogens with zero attached hydrogens (tertiary/aromatic N) is 1. The molecule has 0 radical (unpaired) electrons. The van der Waals surface area contributed by atoms with Crippen molar-refractivity contribution in [2.75, 3.05) is 17.7 Å². The number of carbonyl (C=O) groups is 1. The number of carbonyl (C=O) groups excluding carboxylic acids is 1. The topological polar surface area (TPSA) is 46.3 Å². The Morgan fingerprint density at radius 3 is 2.63 bits per heavy atom. The van der Waals surface area contributed by atoms with Crippen LogP contribution < -0.4 is 10.6 Å². The summed E-state index contributed by atoms with van der Waals surface area (Å²) in [5.41, 5.74) is 7.95. The molecule has 0 saturated carbocycles. The number of nitrogen functional groups attached to an aromatic ring is 1. The van der Waals surface area contributed by atoms with Crippen LogP contribution in [0.4, 0.5) is 15.8 Å². The zero-order valence-electron chi connectivity index (χ0n) is 10.9. The van der Waals surface area contributed by atoms with E-state index in [0.717, 1.165) is 17.3 Å². The molecule has 0 aliphatic carbocycles. The molecule has 4 heteroatoms. The van der Waals surface area contributed by atoms with Gasteiger partial charge >= 0.3 is 0 Å². The molecule has 0 aliphatic heterocycles. The third-order valence-corrected chi connectivity index (χ3v) is 2.94. The van der Waals surface area contributed by atoms with Crippen molar-refractivity contribution in [2.24, 2.45) is 0 Å². The fourth-order valence-corrected chi connectivity index (χ4v) is 1.85. The minimum Gasteiger partial charge on any atom is -0.398 e. The Kier molecular flexibility index (Phi) is 3.51. The number of aryl methyl sites for hydroxylation is 1. The van der Waals surface area contributed by atoms with Gasteiger partial charge in [0, 0.05) is 18.4 Å². The molecular weight excluding hydrogens is 243 g/mol. The fourth-order valence-electron chi connectivity index (χ4n) is 1.85. The van der Waals surface area contributed by atoms with Crippen LogP contribution in [0, 0.1) is 12.7 Å². The summed E-state index contributed by atoms with van der Waals surface area (Å²) in [7, 11) is 1.64. The minimum atomic E-state index is -0.477. The molecule has 0 heterocycles. The summed E-state index contributed by atoms with van der Waals surface area (Å²) in [5, 5.41) is 0. The van der Waals surface area contributed by atoms with Gasteiger partial charge in [0.05, 0.1) is 5.56 Å². The van der Waals surface area contributed by atoms with E-state index in [4.69, 9.17) is 5.73 Å². The van der Waals surface area contributed by atoms with Gasteiger partial charge in [0.1, 0.15) is 5.82 Å². The number of nitrogens with two attached hydrogens (primary N) is 1. The molecule has 1 amide bonds. The summed E-state index contributed by atoms with van der Waals surface area (Å²) in [6.45, 7) is 1.94. The summed E-state index contributed by atoms with van der Waals surface area (Å²) in [6.07, 6.45) is 0. The monoisotopic (exact) mass is 258 g/mol. The highest BCUT2D eigenvalue weighted by Gasteiger charge is 2.16. The normalized spacial score (nSPS) is 10.3. The zero-order valence-corrected chi connectivity index (χ0v) is 10.9. The smallest absolute Gasteiger partial charge is 0.260 e. The molecule has 3 nitrogen and oxygen atoms in total. The van der Waals surface area contributed by atoms with Crippen molar-refractivity contribution in [1.82, 2.24) is 0 Å². The summed E-state index contributed by atoms with van der Waals surface area (Å²) < 4.78 is 13.2. The second kappa shape index (κ2) is 5.10. The summed E-state index contributed by atoms with van der Waals surface area (Å²) in [4.78, 5) is 13.8. The Hall–Kier alpha value is -2.36. The number of hydrogen-bond acceptors (Lipinski definition) is 2. The van der Waals surface area contributed by atoms with Crippen LogP contribution in [0.2, 0.25) is 0 Å². The lowest BCUT2D eigenvalue weighted by atomic mass is 10.1. The predicted octanol–water partition coefficient (Wildman–Crippen LogP) is 2.99. The van der Waals surface area contributed by atoms with Gasteiger partial charge in [-0.05, 0) is 42.8 Å². The van der Waals surface area contributed by atoms with E-state index in [1.807, 2.05) is 31.2 Å². The Labute approximate surface area is 111 Å². The fraction of sp³-hybridized carbons (Fsp3) is 0.133. The van der Waals surface area contributed by atoms with Gasteiger partial charge in [-0.15, -0.1) is 0 Å². The van der Waals surface area contributed by atoms with Crippen LogP contribution in [-0.2, 0) is 0 Å². The molecule has 2 rings (SSSR count). The number of rotatable bonds is 2. The quantitative estimate of drug-likeness (QED) is 0.842. The van der Waals surface area contributed by atoms with E-state index in [9.17, 15) is 9.18 Å². The first-order chi connectivity index (χ1) is 8.99. The average Bonchev–Trinajstić information content (AvgIpc) is 2.40. The third-order valence-electron chi connectivity index (χ3n) is 2.94. The molecule has 2 aromatic carbocycles. The van der Waals surface area contributed by atoms with Crippen LogP contribution in [0.3, 0.4) is 0 Å². The Morgan fingerprint density at radius 2 is 1.95 bits per heavy atom. The molecular formula is C15H15FN2O. The van der Waals surface area contributed by atoms with Crippen LogP contribution >= 0.6 is 0 Å². The molecule has 98 valence electrons. The number of anilines is 2. The lowest BCUT2D eigenvalue weighted by Gasteiger charge is -2.18. The number of hydrogen-bond donors (Lipinski definition) is 1. The first-order valence-electron chi connectivity index (χ1n) is 5.89. The van der Waals surface area contributed by atoms with E-state index in [2.05, 4.69) is 0 Å². The highest BCUT2D eigenvalue weighted by atomic mass is 19.1. The Bertz CT molecular complexity index is 625. The minimum absolute atomic E-state index is 0.170. The molecule has 0 spiro atoms. The van der Waals surface area contributed by atoms with Gasteiger partial charge in [-0.25, -0.2) is 4.39 Å². The van der Waals surface area contributed by atoms with Crippen LogP contribution in [0.15, 0.2) is 42.5 Å². The molecule has 0 bridgehead atoms. The Morgan fingerprint density at radius 1 is 1.21 bits per heavy atom. The van der Waals surface area contributed by atoms with Crippen LogP contribution in [0.25, 0.3) is 0 Å². The second-order valence-corrected chi connectivity index (χ2v) is 4.43. The van der Waals surface area contributed by atoms with Crippen molar-refractivity contribution in [3.63, 3.8) is 0 Å². The third kappa shape index (κ3) is 2.73. The Balaban J connectivity index is 2.36. The molecule has 0 unspecified atom stereocenters. The number of amides is 1. The van der Waals surface area contributed by atoms with Gasteiger partial charge in [0.15, 0.2) is 0 Å². The first kappa shape index (κ1) is 13.1. The molecule has 2 aromatic rings. The maximum atomic E-state index is 13.2. The summed E-state index contributed by atoms with van der Waals surface area (Å²) in [6, 6.07) is 11.3. The molecule has 0 saturated heterocycles. The van der Waals surface area contributed by atoms with Crippen molar-refractivity contribution < 1.29 is 9.18 Å². The van der Waals surface area contributed by atoms with Crippen molar-refractivity contribution in [2.45, 2.75) is 6.92 Å². The average molecular weight is 258 g/mol. The molecule has 19 heavy (non-hydrogen) atoms. The lowest BCUT2D eigenvalue weighted by Crippen LogP contribution is -2.27. The van der Waals surface area contributed by atoms with E-state index < -0.39 is 5.82 Å². The standard InChI is InChI=1S/C15H15FN2O/c1-10-4-3-5-12(8-10)18(2)15(19)13-9-11(16)6-7-14(13)17/h3-9H,17H2,1-2H3. The van der Waals surface area contributed by atoms with Crippen molar-refractivity contribution in [3.8, 4) is 0 Å². The van der Waals surface area contributed by atoms with Crippen LogP contribution in [0.5, 0.6) is 0 Å².